The van der Waals surface area contributed by atoms with E-state index in [0.717, 1.165) is 25.7 Å². The fraction of sp³-hybridized carbons (Fsp3) is 0.727. The molecule has 0 unspecified atom stereocenters. The van der Waals surface area contributed by atoms with E-state index >= 15 is 0 Å². The number of carbonyl (C=O) groups is 1. The Hall–Kier alpha value is -0.830. The number of esters is 1. The Bertz CT molecular complexity index is 213. The van der Waals surface area contributed by atoms with Gasteiger partial charge in [-0.3, -0.25) is 4.79 Å². The highest BCUT2D eigenvalue weighted by molar-refractivity contribution is 5.73. The third-order valence-electron chi connectivity index (χ3n) is 2.58. The first kappa shape index (κ1) is 11.2. The molecule has 0 aromatic heterocycles. The predicted molar refractivity (Wildman–Crippen MR) is 55.7 cm³/mol. The van der Waals surface area contributed by atoms with Gasteiger partial charge in [0.05, 0.1) is 12.5 Å². The third-order valence-corrected chi connectivity index (χ3v) is 2.58. The summed E-state index contributed by atoms with van der Waals surface area (Å²) in [7, 11) is 0. The number of ether oxygens (including phenoxy) is 1. The number of hydrogen-bond acceptors (Lipinski definition) is 3. The molecular weight excluding hydrogens is 178 g/mol. The van der Waals surface area contributed by atoms with Gasteiger partial charge in [-0.25, -0.2) is 0 Å². The van der Waals surface area contributed by atoms with Gasteiger partial charge in [0.25, 0.3) is 0 Å². The Kier molecular flexibility index (Phi) is 4.66. The molecule has 0 spiro atoms. The maximum Gasteiger partial charge on any atom is 0.310 e. The molecule has 1 aliphatic carbocycles. The first-order valence-electron chi connectivity index (χ1n) is 5.33. The van der Waals surface area contributed by atoms with Crippen LogP contribution in [0.3, 0.4) is 0 Å². The molecule has 0 saturated heterocycles. The molecule has 1 aliphatic rings. The molecule has 3 nitrogen and oxygen atoms in total. The molecule has 80 valence electrons. The number of carbonyl (C=O) groups excluding carboxylic acids is 1. The third kappa shape index (κ3) is 3.14. The van der Waals surface area contributed by atoms with Crippen molar-refractivity contribution in [2.45, 2.75) is 38.6 Å². The summed E-state index contributed by atoms with van der Waals surface area (Å²) in [5.74, 6) is -0.241. The number of rotatable bonds is 2. The van der Waals surface area contributed by atoms with Crippen LogP contribution >= 0.6 is 0 Å². The second-order valence-electron chi connectivity index (χ2n) is 3.65. The van der Waals surface area contributed by atoms with Crippen molar-refractivity contribution in [1.82, 2.24) is 0 Å². The summed E-state index contributed by atoms with van der Waals surface area (Å²) in [4.78, 5) is 11.5. The van der Waals surface area contributed by atoms with Crippen LogP contribution < -0.4 is 5.73 Å². The predicted octanol–water partition coefficient (Wildman–Crippen LogP) is 1.62. The van der Waals surface area contributed by atoms with Gasteiger partial charge in [-0.05, 0) is 32.6 Å². The van der Waals surface area contributed by atoms with Gasteiger partial charge in [0, 0.05) is 6.04 Å². The Labute approximate surface area is 85.3 Å². The topological polar surface area (TPSA) is 52.3 Å². The highest BCUT2D eigenvalue weighted by Gasteiger charge is 2.26. The van der Waals surface area contributed by atoms with E-state index in [2.05, 4.69) is 12.2 Å². The zero-order chi connectivity index (χ0) is 10.4. The lowest BCUT2D eigenvalue weighted by molar-refractivity contribution is -0.149. The van der Waals surface area contributed by atoms with E-state index in [-0.39, 0.29) is 17.9 Å². The van der Waals surface area contributed by atoms with Crippen molar-refractivity contribution in [2.24, 2.45) is 11.7 Å². The van der Waals surface area contributed by atoms with Gasteiger partial charge >= 0.3 is 5.97 Å². The van der Waals surface area contributed by atoms with Crippen molar-refractivity contribution in [3.8, 4) is 0 Å². The minimum absolute atomic E-state index is 0.0426. The van der Waals surface area contributed by atoms with Gasteiger partial charge in [0.1, 0.15) is 0 Å². The normalized spacial score (nSPS) is 30.1. The molecule has 2 N–H and O–H groups in total. The van der Waals surface area contributed by atoms with E-state index in [1.165, 1.54) is 0 Å². The molecule has 0 heterocycles. The molecule has 2 atom stereocenters. The molecule has 0 amide bonds. The summed E-state index contributed by atoms with van der Waals surface area (Å²) in [6, 6.07) is -0.0426. The lowest BCUT2D eigenvalue weighted by atomic mass is 9.90. The molecule has 1 rings (SSSR count). The van der Waals surface area contributed by atoms with E-state index in [4.69, 9.17) is 10.5 Å². The zero-order valence-corrected chi connectivity index (χ0v) is 8.74. The Morgan fingerprint density at radius 2 is 2.07 bits per heavy atom. The molecule has 14 heavy (non-hydrogen) atoms. The van der Waals surface area contributed by atoms with Crippen molar-refractivity contribution in [1.29, 1.82) is 0 Å². The fourth-order valence-corrected chi connectivity index (χ4v) is 1.76. The standard InChI is InChI=1S/C11H19NO2/c1-2-14-11(13)9-7-5-3-4-6-8-10(9)12/h3-4,9-10H,2,5-8,12H2,1H3/b4-3-/t9-,10+/m1/s1. The second kappa shape index (κ2) is 5.81. The summed E-state index contributed by atoms with van der Waals surface area (Å²) < 4.78 is 5.01. The van der Waals surface area contributed by atoms with Gasteiger partial charge < -0.3 is 10.5 Å². The Morgan fingerprint density at radius 3 is 2.71 bits per heavy atom. The van der Waals surface area contributed by atoms with Gasteiger partial charge in [-0.15, -0.1) is 0 Å². The summed E-state index contributed by atoms with van der Waals surface area (Å²) in [6.45, 7) is 2.27. The quantitative estimate of drug-likeness (QED) is 0.540. The monoisotopic (exact) mass is 197 g/mol. The molecule has 0 saturated carbocycles. The van der Waals surface area contributed by atoms with Gasteiger partial charge in [0.2, 0.25) is 0 Å². The maximum absolute atomic E-state index is 11.5. The van der Waals surface area contributed by atoms with Crippen LogP contribution in [-0.2, 0) is 9.53 Å². The first-order valence-corrected chi connectivity index (χ1v) is 5.33. The highest BCUT2D eigenvalue weighted by Crippen LogP contribution is 2.19. The van der Waals surface area contributed by atoms with Gasteiger partial charge in [-0.1, -0.05) is 12.2 Å². The zero-order valence-electron chi connectivity index (χ0n) is 8.74. The molecule has 0 aliphatic heterocycles. The molecule has 0 fully saturated rings. The van der Waals surface area contributed by atoms with Crippen LogP contribution in [0.1, 0.15) is 32.6 Å². The highest BCUT2D eigenvalue weighted by atomic mass is 16.5. The number of nitrogens with two attached hydrogens (primary N) is 1. The van der Waals surface area contributed by atoms with Crippen molar-refractivity contribution < 1.29 is 9.53 Å². The molecular formula is C11H19NO2. The van der Waals surface area contributed by atoms with E-state index in [9.17, 15) is 4.79 Å². The number of hydrogen-bond donors (Lipinski definition) is 1. The van der Waals surface area contributed by atoms with E-state index in [1.54, 1.807) is 0 Å². The number of allylic oxidation sites excluding steroid dienone is 2. The van der Waals surface area contributed by atoms with Crippen LogP contribution in [0.5, 0.6) is 0 Å². The van der Waals surface area contributed by atoms with E-state index in [1.807, 2.05) is 6.92 Å². The van der Waals surface area contributed by atoms with Crippen LogP contribution in [0.4, 0.5) is 0 Å². The van der Waals surface area contributed by atoms with Crippen molar-refractivity contribution in [3.63, 3.8) is 0 Å². The smallest absolute Gasteiger partial charge is 0.310 e. The molecule has 0 aromatic carbocycles. The van der Waals surface area contributed by atoms with E-state index in [0.29, 0.717) is 6.61 Å². The van der Waals surface area contributed by atoms with Crippen LogP contribution in [0.15, 0.2) is 12.2 Å². The fourth-order valence-electron chi connectivity index (χ4n) is 1.76. The molecule has 3 heteroatoms. The summed E-state index contributed by atoms with van der Waals surface area (Å²) in [6.07, 6.45) is 7.85. The molecule has 0 radical (unpaired) electrons. The van der Waals surface area contributed by atoms with Crippen LogP contribution in [0, 0.1) is 5.92 Å². The van der Waals surface area contributed by atoms with Crippen LogP contribution in [0.25, 0.3) is 0 Å². The second-order valence-corrected chi connectivity index (χ2v) is 3.65. The Balaban J connectivity index is 2.54. The summed E-state index contributed by atoms with van der Waals surface area (Å²) in [5.41, 5.74) is 5.94. The van der Waals surface area contributed by atoms with Gasteiger partial charge in [0.15, 0.2) is 0 Å². The maximum atomic E-state index is 11.5. The molecule has 0 bridgehead atoms. The SMILES string of the molecule is CCOC(=O)[C@@H]1CC/C=C\CC[C@@H]1N. The molecule has 0 aromatic rings. The van der Waals surface area contributed by atoms with Gasteiger partial charge in [-0.2, -0.15) is 0 Å². The minimum atomic E-state index is -0.129. The Morgan fingerprint density at radius 1 is 1.43 bits per heavy atom. The largest absolute Gasteiger partial charge is 0.466 e. The lowest BCUT2D eigenvalue weighted by Gasteiger charge is -2.22. The summed E-state index contributed by atoms with van der Waals surface area (Å²) in [5, 5.41) is 0. The van der Waals surface area contributed by atoms with Crippen LogP contribution in [0.2, 0.25) is 0 Å². The van der Waals surface area contributed by atoms with Crippen LogP contribution in [-0.4, -0.2) is 18.6 Å². The summed E-state index contributed by atoms with van der Waals surface area (Å²) >= 11 is 0. The van der Waals surface area contributed by atoms with Crippen molar-refractivity contribution in [3.05, 3.63) is 12.2 Å². The average Bonchev–Trinajstić information content (AvgIpc) is 2.12. The first-order chi connectivity index (χ1) is 6.75. The lowest BCUT2D eigenvalue weighted by Crippen LogP contribution is -2.37. The average molecular weight is 197 g/mol. The van der Waals surface area contributed by atoms with E-state index < -0.39 is 0 Å². The van der Waals surface area contributed by atoms with Crippen molar-refractivity contribution in [2.75, 3.05) is 6.61 Å². The van der Waals surface area contributed by atoms with Crippen molar-refractivity contribution >= 4 is 5.97 Å². The minimum Gasteiger partial charge on any atom is -0.466 e.